The number of hydrogen-bond acceptors (Lipinski definition) is 5. The number of carbonyl (C=O) groups excluding carboxylic acids is 1. The molecule has 6 rings (SSSR count). The average Bonchev–Trinajstić information content (AvgIpc) is 3.45. The predicted molar refractivity (Wildman–Crippen MR) is 159 cm³/mol. The number of aromatic nitrogens is 2. The molecule has 1 saturated carbocycles. The fourth-order valence-electron chi connectivity index (χ4n) is 6.95. The van der Waals surface area contributed by atoms with Gasteiger partial charge in [-0.3, -0.25) is 0 Å². The third kappa shape index (κ3) is 4.07. The van der Waals surface area contributed by atoms with E-state index in [0.717, 1.165) is 77.2 Å². The number of rotatable bonds is 8. The predicted octanol–water partition coefficient (Wildman–Crippen LogP) is 7.38. The quantitative estimate of drug-likeness (QED) is 0.219. The number of para-hydroxylation sites is 1. The second-order valence-electron chi connectivity index (χ2n) is 10.9. The summed E-state index contributed by atoms with van der Waals surface area (Å²) in [5.41, 5.74) is 5.10. The van der Waals surface area contributed by atoms with Crippen LogP contribution in [0.2, 0.25) is 0 Å². The molecule has 0 amide bonds. The molecule has 3 heterocycles. The molecule has 2 aromatic heterocycles. The summed E-state index contributed by atoms with van der Waals surface area (Å²) in [6, 6.07) is 18.7. The highest BCUT2D eigenvalue weighted by atomic mass is 16.6. The van der Waals surface area contributed by atoms with Crippen molar-refractivity contribution < 1.29 is 14.3 Å². The number of hydrogen-bond donors (Lipinski definition) is 0. The van der Waals surface area contributed by atoms with Crippen molar-refractivity contribution in [1.29, 1.82) is 0 Å². The van der Waals surface area contributed by atoms with Gasteiger partial charge in [0, 0.05) is 70.9 Å². The van der Waals surface area contributed by atoms with Gasteiger partial charge in [0.2, 0.25) is 0 Å². The van der Waals surface area contributed by atoms with Gasteiger partial charge < -0.3 is 18.9 Å². The van der Waals surface area contributed by atoms with Gasteiger partial charge in [0.15, 0.2) is 11.3 Å². The zero-order chi connectivity index (χ0) is 27.9. The maximum absolute atomic E-state index is 13.6. The highest BCUT2D eigenvalue weighted by Gasteiger charge is 2.53. The number of pyridine rings is 1. The minimum atomic E-state index is -1.18. The number of nitrogens with zero attached hydrogens (tertiary/aromatic N) is 3. The van der Waals surface area contributed by atoms with Crippen LogP contribution in [-0.2, 0) is 16.9 Å². The molecule has 0 spiro atoms. The Bertz CT molecular complexity index is 1550. The molecule has 1 aliphatic heterocycles. The summed E-state index contributed by atoms with van der Waals surface area (Å²) in [5.74, 6) is 0.383. The Morgan fingerprint density at radius 3 is 2.52 bits per heavy atom. The van der Waals surface area contributed by atoms with Crippen molar-refractivity contribution in [2.45, 2.75) is 78.0 Å². The van der Waals surface area contributed by atoms with E-state index in [4.69, 9.17) is 9.47 Å². The first-order chi connectivity index (χ1) is 19.5. The average molecular weight is 538 g/mol. The van der Waals surface area contributed by atoms with Crippen LogP contribution >= 0.6 is 0 Å². The number of anilines is 1. The van der Waals surface area contributed by atoms with E-state index in [1.54, 1.807) is 6.20 Å². The number of aryl methyl sites for hydroxylation is 1. The molecule has 6 nitrogen and oxygen atoms in total. The van der Waals surface area contributed by atoms with Crippen LogP contribution in [0.1, 0.15) is 85.7 Å². The van der Waals surface area contributed by atoms with E-state index < -0.39 is 11.6 Å². The first-order valence-corrected chi connectivity index (χ1v) is 14.9. The van der Waals surface area contributed by atoms with Crippen molar-refractivity contribution in [2.24, 2.45) is 0 Å². The van der Waals surface area contributed by atoms with E-state index in [-0.39, 0.29) is 6.10 Å². The summed E-state index contributed by atoms with van der Waals surface area (Å²) in [4.78, 5) is 20.4. The van der Waals surface area contributed by atoms with E-state index in [2.05, 4.69) is 84.6 Å². The van der Waals surface area contributed by atoms with Crippen molar-refractivity contribution in [1.82, 2.24) is 9.55 Å². The van der Waals surface area contributed by atoms with Crippen LogP contribution in [0.25, 0.3) is 10.9 Å². The third-order valence-corrected chi connectivity index (χ3v) is 8.84. The smallest absolute Gasteiger partial charge is 0.358 e. The van der Waals surface area contributed by atoms with Gasteiger partial charge >= 0.3 is 5.97 Å². The molecular weight excluding hydrogens is 498 g/mol. The Kier molecular flexibility index (Phi) is 7.03. The van der Waals surface area contributed by atoms with Gasteiger partial charge in [0.05, 0.1) is 6.10 Å². The molecule has 0 radical (unpaired) electrons. The summed E-state index contributed by atoms with van der Waals surface area (Å²) >= 11 is 0. The summed E-state index contributed by atoms with van der Waals surface area (Å²) < 4.78 is 15.8. The lowest BCUT2D eigenvalue weighted by Crippen LogP contribution is -2.32. The second-order valence-corrected chi connectivity index (χ2v) is 10.9. The molecule has 2 aliphatic rings. The van der Waals surface area contributed by atoms with Crippen LogP contribution in [0.5, 0.6) is 5.75 Å². The third-order valence-electron chi connectivity index (χ3n) is 8.84. The molecule has 4 aromatic rings. The number of cyclic esters (lactones) is 1. The minimum absolute atomic E-state index is 0.139. The molecule has 2 aromatic carbocycles. The lowest BCUT2D eigenvalue weighted by atomic mass is 9.78. The maximum atomic E-state index is 13.6. The van der Waals surface area contributed by atoms with E-state index in [0.29, 0.717) is 5.69 Å². The highest BCUT2D eigenvalue weighted by Crippen LogP contribution is 2.53. The lowest BCUT2D eigenvalue weighted by Gasteiger charge is -2.34. The van der Waals surface area contributed by atoms with Crippen molar-refractivity contribution in [2.75, 3.05) is 18.0 Å². The van der Waals surface area contributed by atoms with Crippen LogP contribution in [-0.4, -0.2) is 34.7 Å². The van der Waals surface area contributed by atoms with Crippen LogP contribution in [0.15, 0.2) is 60.8 Å². The largest absolute Gasteiger partial charge is 0.490 e. The molecule has 1 fully saturated rings. The Balaban J connectivity index is 1.67. The SMILES string of the molecule is CCN(CC)c1ccc(C2(c3c(C)n(CC)c4ccccc34)OC(=O)c3ncccc32)c(OC2CCCCC2)c1. The van der Waals surface area contributed by atoms with Gasteiger partial charge in [0.25, 0.3) is 0 Å². The Morgan fingerprint density at radius 1 is 1.00 bits per heavy atom. The van der Waals surface area contributed by atoms with E-state index >= 15 is 0 Å². The Labute approximate surface area is 236 Å². The van der Waals surface area contributed by atoms with E-state index in [1.165, 1.54) is 19.3 Å². The van der Waals surface area contributed by atoms with Gasteiger partial charge in [-0.05, 0) is 77.6 Å². The number of ether oxygens (including phenoxy) is 2. The summed E-state index contributed by atoms with van der Waals surface area (Å²) in [7, 11) is 0. The summed E-state index contributed by atoms with van der Waals surface area (Å²) in [6.45, 7) is 11.2. The van der Waals surface area contributed by atoms with Crippen molar-refractivity contribution >= 4 is 22.6 Å². The molecular formula is C34H39N3O3. The number of fused-ring (bicyclic) bond motifs is 2. The zero-order valence-corrected chi connectivity index (χ0v) is 24.1. The normalized spacial score (nSPS) is 19.1. The standard InChI is InChI=1S/C34H39N3O3/c1-5-36(6-2)24-19-20-27(30(22-24)39-25-14-9-8-10-15-25)34(28-17-13-21-35-32(28)33(38)40-34)31-23(4)37(7-3)29-18-12-11-16-26(29)31/h11-13,16-22,25H,5-10,14-15H2,1-4H3. The van der Waals surface area contributed by atoms with Crippen molar-refractivity contribution in [3.63, 3.8) is 0 Å². The fraction of sp³-hybridized carbons (Fsp3) is 0.412. The molecule has 0 saturated heterocycles. The van der Waals surface area contributed by atoms with E-state index in [1.807, 2.05) is 12.1 Å². The Hall–Kier alpha value is -3.80. The van der Waals surface area contributed by atoms with Gasteiger partial charge in [-0.15, -0.1) is 0 Å². The van der Waals surface area contributed by atoms with Crippen LogP contribution in [0, 0.1) is 6.92 Å². The molecule has 0 N–H and O–H groups in total. The topological polar surface area (TPSA) is 56.6 Å². The number of esters is 1. The minimum Gasteiger partial charge on any atom is -0.490 e. The van der Waals surface area contributed by atoms with Gasteiger partial charge in [-0.25, -0.2) is 9.78 Å². The monoisotopic (exact) mass is 537 g/mol. The summed E-state index contributed by atoms with van der Waals surface area (Å²) in [5, 5.41) is 1.07. The first-order valence-electron chi connectivity index (χ1n) is 14.9. The molecule has 6 heteroatoms. The fourth-order valence-corrected chi connectivity index (χ4v) is 6.95. The number of benzene rings is 2. The molecule has 208 valence electrons. The number of carbonyl (C=O) groups is 1. The van der Waals surface area contributed by atoms with Crippen LogP contribution in [0.3, 0.4) is 0 Å². The highest BCUT2D eigenvalue weighted by molar-refractivity contribution is 5.97. The van der Waals surface area contributed by atoms with Crippen molar-refractivity contribution in [3.05, 3.63) is 88.9 Å². The van der Waals surface area contributed by atoms with Crippen LogP contribution < -0.4 is 9.64 Å². The van der Waals surface area contributed by atoms with Crippen molar-refractivity contribution in [3.8, 4) is 5.75 Å². The zero-order valence-electron chi connectivity index (χ0n) is 24.1. The first kappa shape index (κ1) is 26.4. The van der Waals surface area contributed by atoms with Gasteiger partial charge in [0.1, 0.15) is 5.75 Å². The second kappa shape index (κ2) is 10.6. The van der Waals surface area contributed by atoms with Gasteiger partial charge in [-0.2, -0.15) is 0 Å². The maximum Gasteiger partial charge on any atom is 0.358 e. The Morgan fingerprint density at radius 2 is 1.77 bits per heavy atom. The molecule has 0 bridgehead atoms. The molecule has 1 aliphatic carbocycles. The molecule has 40 heavy (non-hydrogen) atoms. The van der Waals surface area contributed by atoms with Gasteiger partial charge in [-0.1, -0.05) is 30.7 Å². The van der Waals surface area contributed by atoms with E-state index in [9.17, 15) is 4.79 Å². The molecule has 1 unspecified atom stereocenters. The van der Waals surface area contributed by atoms with Crippen LogP contribution in [0.4, 0.5) is 5.69 Å². The lowest BCUT2D eigenvalue weighted by molar-refractivity contribution is 0.0236. The molecule has 1 atom stereocenters. The summed E-state index contributed by atoms with van der Waals surface area (Å²) in [6.07, 6.45) is 7.48.